The molecule has 0 spiro atoms. The van der Waals surface area contributed by atoms with Gasteiger partial charge in [-0.25, -0.2) is 13.1 Å². The topological polar surface area (TPSA) is 49.4 Å². The van der Waals surface area contributed by atoms with Crippen molar-refractivity contribution < 1.29 is 8.42 Å². The molecule has 0 aromatic heterocycles. The molecule has 3 atom stereocenters. The summed E-state index contributed by atoms with van der Waals surface area (Å²) in [6.45, 7) is 4.61. The molecule has 1 rings (SSSR count). The summed E-state index contributed by atoms with van der Waals surface area (Å²) >= 11 is 5.70. The highest BCUT2D eigenvalue weighted by Gasteiger charge is 2.37. The molecule has 0 heterocycles. The maximum absolute atomic E-state index is 12.1. The molecule has 120 valence electrons. The molecule has 0 aromatic rings. The molecule has 0 radical (unpaired) electrons. The molecule has 4 nitrogen and oxygen atoms in total. The molecule has 3 unspecified atom stereocenters. The highest BCUT2D eigenvalue weighted by molar-refractivity contribution is 7.89. The van der Waals surface area contributed by atoms with Crippen molar-refractivity contribution >= 4 is 21.6 Å². The van der Waals surface area contributed by atoms with E-state index in [1.165, 1.54) is 12.8 Å². The molecule has 1 aliphatic rings. The first-order valence-electron chi connectivity index (χ1n) is 7.41. The number of rotatable bonds is 7. The van der Waals surface area contributed by atoms with Crippen molar-refractivity contribution in [3.63, 3.8) is 0 Å². The van der Waals surface area contributed by atoms with Gasteiger partial charge in [-0.1, -0.05) is 26.7 Å². The van der Waals surface area contributed by atoms with Gasteiger partial charge in [-0.15, -0.1) is 11.6 Å². The number of hydrogen-bond acceptors (Lipinski definition) is 3. The van der Waals surface area contributed by atoms with Gasteiger partial charge in [0.05, 0.1) is 5.75 Å². The van der Waals surface area contributed by atoms with Crippen molar-refractivity contribution in [2.45, 2.75) is 45.1 Å². The first kappa shape index (κ1) is 18.2. The number of likely N-dealkylation sites (N-methyl/N-ethyl adjacent to an activating group) is 1. The molecule has 1 saturated carbocycles. The van der Waals surface area contributed by atoms with Crippen LogP contribution in [0.5, 0.6) is 0 Å². The molecule has 6 heteroatoms. The smallest absolute Gasteiger partial charge is 0.211 e. The number of alkyl halides is 1. The van der Waals surface area contributed by atoms with Gasteiger partial charge in [0.2, 0.25) is 10.0 Å². The maximum atomic E-state index is 12.1. The summed E-state index contributed by atoms with van der Waals surface area (Å²) in [6, 6.07) is 0. The number of nitrogens with one attached hydrogen (secondary N) is 1. The Bertz CT molecular complexity index is 400. The fraction of sp³-hybridized carbons (Fsp3) is 1.00. The van der Waals surface area contributed by atoms with Crippen molar-refractivity contribution in [1.82, 2.24) is 9.62 Å². The Hall–Kier alpha value is 0.160. The molecule has 0 bridgehead atoms. The summed E-state index contributed by atoms with van der Waals surface area (Å²) in [4.78, 5) is 2.19. The van der Waals surface area contributed by atoms with Crippen LogP contribution in [0.2, 0.25) is 0 Å². The predicted octanol–water partition coefficient (Wildman–Crippen LogP) is 2.29. The third-order valence-electron chi connectivity index (χ3n) is 4.40. The van der Waals surface area contributed by atoms with Gasteiger partial charge in [-0.05, 0) is 38.8 Å². The second-order valence-corrected chi connectivity index (χ2v) is 8.84. The van der Waals surface area contributed by atoms with Gasteiger partial charge in [-0.2, -0.15) is 0 Å². The molecule has 1 aliphatic carbocycles. The Morgan fingerprint density at radius 3 is 2.60 bits per heavy atom. The van der Waals surface area contributed by atoms with Crippen molar-refractivity contribution in [2.75, 3.05) is 32.3 Å². The van der Waals surface area contributed by atoms with E-state index in [4.69, 9.17) is 11.6 Å². The van der Waals surface area contributed by atoms with Gasteiger partial charge in [0, 0.05) is 18.0 Å². The minimum atomic E-state index is -3.24. The average Bonchev–Trinajstić information content (AvgIpc) is 2.36. The summed E-state index contributed by atoms with van der Waals surface area (Å²) in [5.41, 5.74) is -0.0467. The molecule has 1 N–H and O–H groups in total. The molecule has 0 amide bonds. The van der Waals surface area contributed by atoms with Crippen LogP contribution in [0.1, 0.15) is 39.5 Å². The molecular weight excluding hydrogens is 296 g/mol. The Morgan fingerprint density at radius 1 is 1.45 bits per heavy atom. The third-order valence-corrected chi connectivity index (χ3v) is 6.52. The summed E-state index contributed by atoms with van der Waals surface area (Å²) in [6.07, 6.45) is 4.51. The van der Waals surface area contributed by atoms with E-state index in [1.54, 1.807) is 0 Å². The summed E-state index contributed by atoms with van der Waals surface area (Å²) in [5.74, 6) is 1.11. The standard InChI is InChI=1S/C14H29ClN2O2S/c1-12-6-5-7-14(8-12,17(3)4)11-16-20(18,19)10-13(2)9-15/h12-13,16H,5-11H2,1-4H3. The van der Waals surface area contributed by atoms with Crippen LogP contribution in [0, 0.1) is 11.8 Å². The zero-order valence-electron chi connectivity index (χ0n) is 13.2. The van der Waals surface area contributed by atoms with E-state index in [1.807, 2.05) is 21.0 Å². The van der Waals surface area contributed by atoms with E-state index >= 15 is 0 Å². The first-order chi connectivity index (χ1) is 9.21. The zero-order chi connectivity index (χ0) is 15.4. The SMILES string of the molecule is CC1CCCC(CNS(=O)(=O)CC(C)CCl)(N(C)C)C1. The van der Waals surface area contributed by atoms with Crippen LogP contribution in [-0.2, 0) is 10.0 Å². The molecule has 0 aromatic carbocycles. The monoisotopic (exact) mass is 324 g/mol. The van der Waals surface area contributed by atoms with Gasteiger partial charge >= 0.3 is 0 Å². The van der Waals surface area contributed by atoms with E-state index in [9.17, 15) is 8.42 Å². The second-order valence-electron chi connectivity index (χ2n) is 6.68. The summed E-state index contributed by atoms with van der Waals surface area (Å²) in [5, 5.41) is 0. The van der Waals surface area contributed by atoms with E-state index in [0.29, 0.717) is 18.3 Å². The zero-order valence-corrected chi connectivity index (χ0v) is 14.7. The normalized spacial score (nSPS) is 29.6. The molecular formula is C14H29ClN2O2S. The molecule has 0 aliphatic heterocycles. The van der Waals surface area contributed by atoms with Crippen LogP contribution in [-0.4, -0.2) is 51.1 Å². The molecule has 0 saturated heterocycles. The van der Waals surface area contributed by atoms with Gasteiger partial charge in [0.15, 0.2) is 0 Å². The minimum Gasteiger partial charge on any atom is -0.302 e. The van der Waals surface area contributed by atoms with Crippen molar-refractivity contribution in [2.24, 2.45) is 11.8 Å². The summed E-state index contributed by atoms with van der Waals surface area (Å²) < 4.78 is 27.0. The first-order valence-corrected chi connectivity index (χ1v) is 9.60. The number of sulfonamides is 1. The molecule has 20 heavy (non-hydrogen) atoms. The largest absolute Gasteiger partial charge is 0.302 e. The lowest BCUT2D eigenvalue weighted by atomic mass is 9.75. The van der Waals surface area contributed by atoms with Crippen LogP contribution < -0.4 is 4.72 Å². The second kappa shape index (κ2) is 7.43. The lowest BCUT2D eigenvalue weighted by molar-refractivity contribution is 0.0805. The number of nitrogens with zero attached hydrogens (tertiary/aromatic N) is 1. The van der Waals surface area contributed by atoms with Crippen LogP contribution in [0.15, 0.2) is 0 Å². The third kappa shape index (κ3) is 5.17. The number of halogens is 1. The van der Waals surface area contributed by atoms with Gasteiger partial charge in [-0.3, -0.25) is 0 Å². The van der Waals surface area contributed by atoms with E-state index in [2.05, 4.69) is 16.5 Å². The minimum absolute atomic E-state index is 0.0187. The van der Waals surface area contributed by atoms with Crippen LogP contribution in [0.4, 0.5) is 0 Å². The Kier molecular flexibility index (Phi) is 6.77. The fourth-order valence-electron chi connectivity index (χ4n) is 3.08. The highest BCUT2D eigenvalue weighted by Crippen LogP contribution is 2.35. The number of hydrogen-bond donors (Lipinski definition) is 1. The van der Waals surface area contributed by atoms with Gasteiger partial charge in [0.25, 0.3) is 0 Å². The quantitative estimate of drug-likeness (QED) is 0.731. The lowest BCUT2D eigenvalue weighted by Crippen LogP contribution is -2.55. The van der Waals surface area contributed by atoms with Crippen molar-refractivity contribution in [3.05, 3.63) is 0 Å². The van der Waals surface area contributed by atoms with Crippen molar-refractivity contribution in [3.8, 4) is 0 Å². The van der Waals surface area contributed by atoms with Crippen LogP contribution in [0.25, 0.3) is 0 Å². The van der Waals surface area contributed by atoms with Crippen LogP contribution >= 0.6 is 11.6 Å². The average molecular weight is 325 g/mol. The fourth-order valence-corrected chi connectivity index (χ4v) is 4.79. The van der Waals surface area contributed by atoms with E-state index in [0.717, 1.165) is 12.8 Å². The Labute approximate surface area is 129 Å². The van der Waals surface area contributed by atoms with Crippen LogP contribution in [0.3, 0.4) is 0 Å². The highest BCUT2D eigenvalue weighted by atomic mass is 35.5. The van der Waals surface area contributed by atoms with E-state index in [-0.39, 0.29) is 17.2 Å². The van der Waals surface area contributed by atoms with Gasteiger partial charge in [0.1, 0.15) is 0 Å². The molecule has 1 fully saturated rings. The maximum Gasteiger partial charge on any atom is 0.211 e. The van der Waals surface area contributed by atoms with E-state index < -0.39 is 10.0 Å². The summed E-state index contributed by atoms with van der Waals surface area (Å²) in [7, 11) is 0.856. The predicted molar refractivity (Wildman–Crippen MR) is 85.7 cm³/mol. The van der Waals surface area contributed by atoms with Crippen molar-refractivity contribution in [1.29, 1.82) is 0 Å². The Morgan fingerprint density at radius 2 is 2.10 bits per heavy atom. The lowest BCUT2D eigenvalue weighted by Gasteiger charge is -2.45. The van der Waals surface area contributed by atoms with Gasteiger partial charge < -0.3 is 4.90 Å². The Balaban J connectivity index is 2.68.